The molecule has 34 heavy (non-hydrogen) atoms. The van der Waals surface area contributed by atoms with E-state index < -0.39 is 17.5 Å². The van der Waals surface area contributed by atoms with Crippen LogP contribution in [0.4, 0.5) is 0 Å². The number of ether oxygens (including phenoxy) is 2. The SMILES string of the molecule is CCCCCCCCCCOc1c(C)c(C(=O)O)c(O)c(O)c1OCCCCCCCCCC. The second-order valence-electron chi connectivity index (χ2n) is 9.31. The quantitative estimate of drug-likeness (QED) is 0.121. The summed E-state index contributed by atoms with van der Waals surface area (Å²) in [6.07, 6.45) is 18.6. The maximum absolute atomic E-state index is 11.6. The Morgan fingerprint density at radius 1 is 0.618 bits per heavy atom. The maximum atomic E-state index is 11.6. The van der Waals surface area contributed by atoms with E-state index in [0.29, 0.717) is 13.2 Å². The number of aromatic carboxylic acids is 1. The third-order valence-electron chi connectivity index (χ3n) is 6.30. The van der Waals surface area contributed by atoms with Gasteiger partial charge in [0.05, 0.1) is 13.2 Å². The Balaban J connectivity index is 2.62. The Labute approximate surface area is 206 Å². The normalized spacial score (nSPS) is 11.0. The fourth-order valence-electron chi connectivity index (χ4n) is 4.18. The van der Waals surface area contributed by atoms with E-state index in [1.807, 2.05) is 0 Å². The molecule has 0 radical (unpaired) electrons. The Bertz CT molecular complexity index is 701. The van der Waals surface area contributed by atoms with Gasteiger partial charge in [-0.2, -0.15) is 0 Å². The summed E-state index contributed by atoms with van der Waals surface area (Å²) in [5.74, 6) is -2.28. The molecule has 0 fully saturated rings. The molecule has 0 unspecified atom stereocenters. The minimum Gasteiger partial charge on any atom is -0.504 e. The van der Waals surface area contributed by atoms with Crippen molar-refractivity contribution >= 4 is 5.97 Å². The number of rotatable bonds is 21. The summed E-state index contributed by atoms with van der Waals surface area (Å²) in [6.45, 7) is 6.79. The van der Waals surface area contributed by atoms with E-state index in [9.17, 15) is 20.1 Å². The molecule has 0 atom stereocenters. The molecular weight excluding hydrogens is 432 g/mol. The molecule has 1 rings (SSSR count). The van der Waals surface area contributed by atoms with Crippen LogP contribution < -0.4 is 9.47 Å². The molecule has 0 saturated carbocycles. The molecule has 0 heterocycles. The third-order valence-corrected chi connectivity index (χ3v) is 6.30. The van der Waals surface area contributed by atoms with E-state index in [4.69, 9.17) is 9.47 Å². The average Bonchev–Trinajstić information content (AvgIpc) is 2.81. The van der Waals surface area contributed by atoms with Crippen LogP contribution in [0.1, 0.15) is 133 Å². The third kappa shape index (κ3) is 10.9. The number of phenolic OH excluding ortho intramolecular Hbond substituents is 1. The topological polar surface area (TPSA) is 96.2 Å². The van der Waals surface area contributed by atoms with Gasteiger partial charge >= 0.3 is 5.97 Å². The summed E-state index contributed by atoms with van der Waals surface area (Å²) < 4.78 is 11.7. The molecule has 3 N–H and O–H groups in total. The highest BCUT2D eigenvalue weighted by molar-refractivity contribution is 5.95. The molecule has 1 aromatic carbocycles. The summed E-state index contributed by atoms with van der Waals surface area (Å²) >= 11 is 0. The van der Waals surface area contributed by atoms with Gasteiger partial charge < -0.3 is 24.8 Å². The van der Waals surface area contributed by atoms with Gasteiger partial charge in [-0.05, 0) is 19.8 Å². The number of carboxylic acid groups (broad SMARTS) is 1. The molecule has 1 aromatic rings. The summed E-state index contributed by atoms with van der Waals surface area (Å²) in [6, 6.07) is 0. The average molecular weight is 481 g/mol. The predicted octanol–water partition coefficient (Wildman–Crippen LogP) is 8.14. The molecule has 0 spiro atoms. The van der Waals surface area contributed by atoms with Gasteiger partial charge in [-0.3, -0.25) is 0 Å². The van der Waals surface area contributed by atoms with E-state index in [1.54, 1.807) is 6.92 Å². The van der Waals surface area contributed by atoms with Crippen molar-refractivity contribution in [2.75, 3.05) is 13.2 Å². The van der Waals surface area contributed by atoms with Crippen LogP contribution in [0.15, 0.2) is 0 Å². The Morgan fingerprint density at radius 3 is 1.41 bits per heavy atom. The smallest absolute Gasteiger partial charge is 0.340 e. The first kappa shape index (κ1) is 29.9. The zero-order chi connectivity index (χ0) is 25.2. The zero-order valence-corrected chi connectivity index (χ0v) is 21.8. The van der Waals surface area contributed by atoms with Crippen LogP contribution in [0, 0.1) is 6.92 Å². The van der Waals surface area contributed by atoms with Crippen LogP contribution in [0.3, 0.4) is 0 Å². The van der Waals surface area contributed by atoms with Gasteiger partial charge in [0.1, 0.15) is 5.56 Å². The van der Waals surface area contributed by atoms with Gasteiger partial charge in [0.25, 0.3) is 0 Å². The summed E-state index contributed by atoms with van der Waals surface area (Å²) in [5, 5.41) is 30.2. The largest absolute Gasteiger partial charge is 0.504 e. The minimum absolute atomic E-state index is 0.0440. The number of unbranched alkanes of at least 4 members (excludes halogenated alkanes) is 14. The van der Waals surface area contributed by atoms with Gasteiger partial charge in [-0.25, -0.2) is 4.79 Å². The lowest BCUT2D eigenvalue weighted by Gasteiger charge is -2.19. The second-order valence-corrected chi connectivity index (χ2v) is 9.31. The summed E-state index contributed by atoms with van der Waals surface area (Å²) in [5.41, 5.74) is -0.0730. The molecule has 0 bridgehead atoms. The highest BCUT2D eigenvalue weighted by atomic mass is 16.5. The van der Waals surface area contributed by atoms with Crippen molar-refractivity contribution in [1.29, 1.82) is 0 Å². The Kier molecular flexibility index (Phi) is 16.1. The van der Waals surface area contributed by atoms with Gasteiger partial charge in [-0.15, -0.1) is 0 Å². The maximum Gasteiger partial charge on any atom is 0.340 e. The highest BCUT2D eigenvalue weighted by Gasteiger charge is 2.27. The van der Waals surface area contributed by atoms with E-state index in [1.165, 1.54) is 64.2 Å². The fourth-order valence-corrected chi connectivity index (χ4v) is 4.18. The molecule has 0 saturated heterocycles. The lowest BCUT2D eigenvalue weighted by atomic mass is 10.0. The van der Waals surface area contributed by atoms with Crippen LogP contribution in [0.25, 0.3) is 0 Å². The van der Waals surface area contributed by atoms with Gasteiger partial charge in [0, 0.05) is 5.56 Å². The van der Waals surface area contributed by atoms with Gasteiger partial charge in [0.2, 0.25) is 11.5 Å². The lowest BCUT2D eigenvalue weighted by Crippen LogP contribution is -2.09. The molecule has 0 aliphatic rings. The number of hydrogen-bond donors (Lipinski definition) is 3. The van der Waals surface area contributed by atoms with Crippen LogP contribution in [-0.4, -0.2) is 34.5 Å². The first-order valence-corrected chi connectivity index (χ1v) is 13.5. The minimum atomic E-state index is -1.31. The van der Waals surface area contributed by atoms with Crippen LogP contribution in [0.2, 0.25) is 0 Å². The van der Waals surface area contributed by atoms with Crippen molar-refractivity contribution in [3.63, 3.8) is 0 Å². The number of aromatic hydroxyl groups is 2. The molecular formula is C28H48O6. The number of phenols is 2. The van der Waals surface area contributed by atoms with E-state index in [2.05, 4.69) is 13.8 Å². The zero-order valence-electron chi connectivity index (χ0n) is 21.8. The fraction of sp³-hybridized carbons (Fsp3) is 0.750. The highest BCUT2D eigenvalue weighted by Crippen LogP contribution is 2.48. The van der Waals surface area contributed by atoms with Crippen molar-refractivity contribution in [2.24, 2.45) is 0 Å². The predicted molar refractivity (Wildman–Crippen MR) is 138 cm³/mol. The van der Waals surface area contributed by atoms with Crippen molar-refractivity contribution in [1.82, 2.24) is 0 Å². The molecule has 0 aliphatic heterocycles. The van der Waals surface area contributed by atoms with Crippen molar-refractivity contribution in [2.45, 2.75) is 124 Å². The Hall–Kier alpha value is -2.11. The van der Waals surface area contributed by atoms with Gasteiger partial charge in [-0.1, -0.05) is 104 Å². The van der Waals surface area contributed by atoms with E-state index in [-0.39, 0.29) is 22.6 Å². The molecule has 0 aliphatic carbocycles. The number of hydrogen-bond acceptors (Lipinski definition) is 5. The van der Waals surface area contributed by atoms with Crippen molar-refractivity contribution in [3.8, 4) is 23.0 Å². The molecule has 6 heteroatoms. The number of carbonyl (C=O) groups is 1. The molecule has 0 amide bonds. The summed E-state index contributed by atoms with van der Waals surface area (Å²) in [7, 11) is 0. The van der Waals surface area contributed by atoms with Crippen LogP contribution >= 0.6 is 0 Å². The van der Waals surface area contributed by atoms with Crippen LogP contribution in [-0.2, 0) is 0 Å². The molecule has 196 valence electrons. The van der Waals surface area contributed by atoms with Gasteiger partial charge in [0.15, 0.2) is 11.5 Å². The molecule has 0 aromatic heterocycles. The van der Waals surface area contributed by atoms with Crippen molar-refractivity contribution < 1.29 is 29.6 Å². The first-order chi connectivity index (χ1) is 16.5. The van der Waals surface area contributed by atoms with E-state index in [0.717, 1.165) is 38.5 Å². The lowest BCUT2D eigenvalue weighted by molar-refractivity contribution is 0.0691. The van der Waals surface area contributed by atoms with E-state index >= 15 is 0 Å². The monoisotopic (exact) mass is 480 g/mol. The standard InChI is InChI=1S/C28H48O6/c1-4-6-8-10-12-14-16-18-20-33-26-22(3)23(28(31)32)24(29)25(30)27(26)34-21-19-17-15-13-11-9-7-5-2/h29-30H,4-21H2,1-3H3,(H,31,32). The van der Waals surface area contributed by atoms with Crippen molar-refractivity contribution in [3.05, 3.63) is 11.1 Å². The second kappa shape index (κ2) is 18.2. The number of benzene rings is 1. The summed E-state index contributed by atoms with van der Waals surface area (Å²) in [4.78, 5) is 11.6. The first-order valence-electron chi connectivity index (χ1n) is 13.5. The Morgan fingerprint density at radius 2 is 1.00 bits per heavy atom. The number of carboxylic acids is 1. The van der Waals surface area contributed by atoms with Crippen LogP contribution in [0.5, 0.6) is 23.0 Å². The molecule has 6 nitrogen and oxygen atoms in total.